The molecule has 12 heteroatoms. The van der Waals surface area contributed by atoms with E-state index in [1.165, 1.54) is 38.9 Å². The Morgan fingerprint density at radius 1 is 0.545 bits per heavy atom. The maximum Gasteiger partial charge on any atom is 0.331 e. The zero-order chi connectivity index (χ0) is 47.8. The van der Waals surface area contributed by atoms with Gasteiger partial charge in [-0.2, -0.15) is 0 Å². The highest BCUT2D eigenvalue weighted by Crippen LogP contribution is 2.51. The Hall–Kier alpha value is -5.72. The van der Waals surface area contributed by atoms with Crippen LogP contribution in [0.2, 0.25) is 0 Å². The summed E-state index contributed by atoms with van der Waals surface area (Å²) in [6.07, 6.45) is 6.89. The number of hydrogen-bond acceptors (Lipinski definition) is 10. The SMILES string of the molecule is COc1ccc(CC2c3c(cc(OC)c(OC)c3OC)CC[N+]2(C)CCCOC(=O)/C=C/C(=O)OCCC[N+]2(C)CCc3cc(C)c(C)c(OC)c3C2Cc2ccc(C)c(C)c2)cc1OC. The van der Waals surface area contributed by atoms with E-state index in [9.17, 15) is 9.59 Å². The smallest absolute Gasteiger partial charge is 0.331 e. The highest BCUT2D eigenvalue weighted by Gasteiger charge is 2.44. The first-order chi connectivity index (χ1) is 31.6. The van der Waals surface area contributed by atoms with Gasteiger partial charge in [0, 0.05) is 50.7 Å². The van der Waals surface area contributed by atoms with Crippen LogP contribution in [-0.2, 0) is 44.7 Å². The Labute approximate surface area is 392 Å². The van der Waals surface area contributed by atoms with Crippen molar-refractivity contribution in [3.05, 3.63) is 116 Å². The summed E-state index contributed by atoms with van der Waals surface area (Å²) in [4.78, 5) is 25.7. The number of rotatable bonds is 20. The molecule has 2 heterocycles. The summed E-state index contributed by atoms with van der Waals surface area (Å²) in [6, 6.07) is 17.3. The molecule has 0 aromatic heterocycles. The van der Waals surface area contributed by atoms with E-state index in [0.29, 0.717) is 59.0 Å². The number of nitrogens with zero attached hydrogens (tertiary/aromatic N) is 2. The standard InChI is InChI=1S/C54H72N2O10/c1-35-15-16-39(29-36(35)2)31-43-50-41(30-37(3)38(4)52(50)62-10)21-25-55(43,5)23-13-27-65-48(57)19-20-49(58)66-28-14-24-56(6)26-22-42-34-47(61-9)53(63-11)54(64-12)51(42)44(56)32-40-17-18-45(59-7)46(33-40)60-8/h15-20,29-30,33-34,43-44H,13-14,21-28,31-32H2,1-12H3/q+2/b20-19+. The van der Waals surface area contributed by atoms with Crippen LogP contribution >= 0.6 is 0 Å². The fourth-order valence-corrected chi connectivity index (χ4v) is 10.3. The van der Waals surface area contributed by atoms with Crippen LogP contribution < -0.4 is 28.4 Å². The molecule has 12 nitrogen and oxygen atoms in total. The molecule has 0 radical (unpaired) electrons. The van der Waals surface area contributed by atoms with Gasteiger partial charge >= 0.3 is 11.9 Å². The van der Waals surface area contributed by atoms with Crippen LogP contribution in [0.4, 0.5) is 0 Å². The second kappa shape index (κ2) is 21.7. The Balaban J connectivity index is 1.06. The first-order valence-electron chi connectivity index (χ1n) is 23.1. The topological polar surface area (TPSA) is 108 Å². The van der Waals surface area contributed by atoms with Crippen molar-refractivity contribution in [3.8, 4) is 34.5 Å². The molecule has 0 N–H and O–H groups in total. The zero-order valence-corrected chi connectivity index (χ0v) is 41.4. The van der Waals surface area contributed by atoms with Gasteiger partial charge in [-0.25, -0.2) is 9.59 Å². The lowest BCUT2D eigenvalue weighted by Gasteiger charge is -2.46. The maximum atomic E-state index is 12.9. The zero-order valence-electron chi connectivity index (χ0n) is 41.4. The molecule has 0 saturated carbocycles. The van der Waals surface area contributed by atoms with E-state index in [0.717, 1.165) is 78.0 Å². The number of ether oxygens (including phenoxy) is 8. The number of quaternary nitrogens is 2. The van der Waals surface area contributed by atoms with Gasteiger partial charge in [-0.1, -0.05) is 30.3 Å². The van der Waals surface area contributed by atoms with E-state index >= 15 is 0 Å². The number of fused-ring (bicyclic) bond motifs is 2. The predicted molar refractivity (Wildman–Crippen MR) is 256 cm³/mol. The average molecular weight is 909 g/mol. The minimum Gasteiger partial charge on any atom is -0.496 e. The van der Waals surface area contributed by atoms with Gasteiger partial charge in [0.25, 0.3) is 0 Å². The van der Waals surface area contributed by atoms with Gasteiger partial charge < -0.3 is 46.9 Å². The Morgan fingerprint density at radius 2 is 1.05 bits per heavy atom. The Morgan fingerprint density at radius 3 is 1.56 bits per heavy atom. The van der Waals surface area contributed by atoms with Gasteiger partial charge in [0.05, 0.1) is 107 Å². The van der Waals surface area contributed by atoms with Gasteiger partial charge in [-0.15, -0.1) is 0 Å². The number of hydrogen-bond donors (Lipinski definition) is 0. The van der Waals surface area contributed by atoms with Crippen LogP contribution in [0.5, 0.6) is 34.5 Å². The molecule has 356 valence electrons. The maximum absolute atomic E-state index is 12.9. The summed E-state index contributed by atoms with van der Waals surface area (Å²) in [7, 11) is 14.5. The van der Waals surface area contributed by atoms with E-state index in [-0.39, 0.29) is 25.3 Å². The van der Waals surface area contributed by atoms with Gasteiger partial charge in [-0.05, 0) is 90.4 Å². The summed E-state index contributed by atoms with van der Waals surface area (Å²) in [5.74, 6) is 2.99. The fourth-order valence-electron chi connectivity index (χ4n) is 10.3. The van der Waals surface area contributed by atoms with Crippen LogP contribution in [-0.4, -0.2) is 117 Å². The van der Waals surface area contributed by atoms with Crippen molar-refractivity contribution in [2.75, 3.05) is 96.1 Å². The van der Waals surface area contributed by atoms with Crippen molar-refractivity contribution in [1.82, 2.24) is 0 Å². The summed E-state index contributed by atoms with van der Waals surface area (Å²) < 4.78 is 47.6. The number of benzene rings is 4. The van der Waals surface area contributed by atoms with Crippen molar-refractivity contribution >= 4 is 11.9 Å². The van der Waals surface area contributed by atoms with Crippen LogP contribution in [0, 0.1) is 27.7 Å². The van der Waals surface area contributed by atoms with Crippen molar-refractivity contribution in [2.24, 2.45) is 0 Å². The molecule has 0 fully saturated rings. The molecule has 0 saturated heterocycles. The number of esters is 2. The predicted octanol–water partition coefficient (Wildman–Crippen LogP) is 8.67. The molecule has 2 aliphatic rings. The lowest BCUT2D eigenvalue weighted by atomic mass is 9.83. The monoisotopic (exact) mass is 909 g/mol. The van der Waals surface area contributed by atoms with Crippen molar-refractivity contribution in [2.45, 2.75) is 78.3 Å². The summed E-state index contributed by atoms with van der Waals surface area (Å²) >= 11 is 0. The molecule has 2 aliphatic heterocycles. The van der Waals surface area contributed by atoms with E-state index in [2.05, 4.69) is 78.2 Å². The van der Waals surface area contributed by atoms with Crippen LogP contribution in [0.25, 0.3) is 0 Å². The quantitative estimate of drug-likeness (QED) is 0.0370. The number of carbonyl (C=O) groups excluding carboxylic acids is 2. The third-order valence-electron chi connectivity index (χ3n) is 14.4. The number of carbonyl (C=O) groups is 2. The summed E-state index contributed by atoms with van der Waals surface area (Å²) in [5.41, 5.74) is 12.2. The molecule has 4 atom stereocenters. The van der Waals surface area contributed by atoms with E-state index in [1.54, 1.807) is 42.7 Å². The first-order valence-corrected chi connectivity index (χ1v) is 23.1. The van der Waals surface area contributed by atoms with Gasteiger partial charge in [0.1, 0.15) is 17.8 Å². The molecule has 4 aromatic rings. The Bertz CT molecular complexity index is 2410. The molecule has 0 aliphatic carbocycles. The van der Waals surface area contributed by atoms with Crippen molar-refractivity contribution in [1.29, 1.82) is 0 Å². The summed E-state index contributed by atoms with van der Waals surface area (Å²) in [5, 5.41) is 0. The number of methoxy groups -OCH3 is 6. The minimum atomic E-state index is -0.585. The average Bonchev–Trinajstić information content (AvgIpc) is 3.31. The lowest BCUT2D eigenvalue weighted by molar-refractivity contribution is -0.941. The highest BCUT2D eigenvalue weighted by atomic mass is 16.5. The van der Waals surface area contributed by atoms with E-state index in [4.69, 9.17) is 37.9 Å². The van der Waals surface area contributed by atoms with Crippen molar-refractivity contribution < 1.29 is 56.5 Å². The molecule has 4 unspecified atom stereocenters. The molecule has 0 bridgehead atoms. The third kappa shape index (κ3) is 10.8. The molecule has 0 spiro atoms. The van der Waals surface area contributed by atoms with Crippen LogP contribution in [0.3, 0.4) is 0 Å². The molecule has 0 amide bonds. The van der Waals surface area contributed by atoms with Gasteiger partial charge in [0.15, 0.2) is 23.0 Å². The largest absolute Gasteiger partial charge is 0.496 e. The Kier molecular flexibility index (Phi) is 16.4. The third-order valence-corrected chi connectivity index (χ3v) is 14.4. The molecule has 66 heavy (non-hydrogen) atoms. The fraction of sp³-hybridized carbons (Fsp3) is 0.481. The minimum absolute atomic E-state index is 0.0399. The molecule has 6 rings (SSSR count). The van der Waals surface area contributed by atoms with Crippen LogP contribution in [0.15, 0.2) is 60.7 Å². The number of likely N-dealkylation sites (N-methyl/N-ethyl adjacent to an activating group) is 2. The molecular weight excluding hydrogens is 837 g/mol. The second-order valence-corrected chi connectivity index (χ2v) is 18.4. The number of aryl methyl sites for hydroxylation is 3. The van der Waals surface area contributed by atoms with Crippen molar-refractivity contribution in [3.63, 3.8) is 0 Å². The highest BCUT2D eigenvalue weighted by molar-refractivity contribution is 5.91. The second-order valence-electron chi connectivity index (χ2n) is 18.4. The van der Waals surface area contributed by atoms with E-state index in [1.807, 2.05) is 12.1 Å². The molecular formula is C54H72N2O10+2. The van der Waals surface area contributed by atoms with Crippen LogP contribution in [0.1, 0.15) is 80.6 Å². The van der Waals surface area contributed by atoms with Gasteiger partial charge in [0.2, 0.25) is 5.75 Å². The molecule has 4 aromatic carbocycles. The summed E-state index contributed by atoms with van der Waals surface area (Å²) in [6.45, 7) is 12.4. The first kappa shape index (κ1) is 49.7. The van der Waals surface area contributed by atoms with Gasteiger partial charge in [-0.3, -0.25) is 0 Å². The lowest BCUT2D eigenvalue weighted by Crippen LogP contribution is -2.53. The van der Waals surface area contributed by atoms with E-state index < -0.39 is 11.9 Å². The normalized spacial score (nSPS) is 19.9.